The average molecular weight is 244 g/mol. The zero-order valence-corrected chi connectivity index (χ0v) is 10.5. The molecule has 3 nitrogen and oxygen atoms in total. The maximum Gasteiger partial charge on any atom is 0.222 e. The molecule has 4 heteroatoms. The van der Waals surface area contributed by atoms with Crippen LogP contribution in [0.1, 0.15) is 11.9 Å². The molecule has 0 aliphatic rings. The van der Waals surface area contributed by atoms with Crippen LogP contribution in [0.4, 0.5) is 0 Å². The van der Waals surface area contributed by atoms with Crippen LogP contribution >= 0.6 is 11.3 Å². The van der Waals surface area contributed by atoms with E-state index >= 15 is 0 Å². The van der Waals surface area contributed by atoms with E-state index in [9.17, 15) is 0 Å². The molecule has 0 bridgehead atoms. The minimum Gasteiger partial charge on any atom is -0.477 e. The second kappa shape index (κ2) is 3.96. The molecule has 0 spiro atoms. The molecular weight excluding hydrogens is 232 g/mol. The fraction of sp³-hybridized carbons (Fsp3) is 0.231. The quantitative estimate of drug-likeness (QED) is 0.691. The van der Waals surface area contributed by atoms with Gasteiger partial charge in [0.1, 0.15) is 10.3 Å². The highest BCUT2D eigenvalue weighted by molar-refractivity contribution is 7.18. The number of rotatable bonds is 2. The average Bonchev–Trinajstić information content (AvgIpc) is 2.70. The molecule has 0 saturated carbocycles. The van der Waals surface area contributed by atoms with Crippen LogP contribution in [0.5, 0.6) is 5.88 Å². The van der Waals surface area contributed by atoms with E-state index in [1.807, 2.05) is 32.0 Å². The van der Waals surface area contributed by atoms with Gasteiger partial charge in [0.05, 0.1) is 11.6 Å². The Bertz CT molecular complexity index is 690. The fourth-order valence-corrected chi connectivity index (χ4v) is 2.74. The summed E-state index contributed by atoms with van der Waals surface area (Å²) in [5.41, 5.74) is 0.978. The number of hydrogen-bond donors (Lipinski definition) is 0. The highest BCUT2D eigenvalue weighted by atomic mass is 32.1. The van der Waals surface area contributed by atoms with Crippen molar-refractivity contribution < 1.29 is 4.74 Å². The summed E-state index contributed by atoms with van der Waals surface area (Å²) < 4.78 is 5.60. The topological polar surface area (TPSA) is 35.0 Å². The molecule has 0 radical (unpaired) electrons. The summed E-state index contributed by atoms with van der Waals surface area (Å²) in [6.07, 6.45) is 0. The minimum atomic E-state index is 0.625. The first-order chi connectivity index (χ1) is 8.29. The molecule has 2 aromatic heterocycles. The van der Waals surface area contributed by atoms with Gasteiger partial charge in [0.25, 0.3) is 0 Å². The summed E-state index contributed by atoms with van der Waals surface area (Å²) in [7, 11) is 0. The van der Waals surface area contributed by atoms with Gasteiger partial charge in [-0.15, -0.1) is 0 Å². The van der Waals surface area contributed by atoms with E-state index in [0.717, 1.165) is 26.1 Å². The summed E-state index contributed by atoms with van der Waals surface area (Å²) >= 11 is 1.60. The van der Waals surface area contributed by atoms with E-state index in [4.69, 9.17) is 4.74 Å². The standard InChI is InChI=1S/C13H12N2OS/c1-3-16-12-10-7-5-4-6-9(10)11-13(15-12)17-8(2)14-11/h4-7H,3H2,1-2H3. The van der Waals surface area contributed by atoms with Crippen molar-refractivity contribution in [2.24, 2.45) is 0 Å². The molecule has 3 aromatic rings. The van der Waals surface area contributed by atoms with Gasteiger partial charge in [-0.25, -0.2) is 9.97 Å². The smallest absolute Gasteiger partial charge is 0.222 e. The zero-order chi connectivity index (χ0) is 11.8. The highest BCUT2D eigenvalue weighted by Crippen LogP contribution is 2.32. The lowest BCUT2D eigenvalue weighted by Crippen LogP contribution is -1.95. The number of nitrogens with zero attached hydrogens (tertiary/aromatic N) is 2. The third-order valence-electron chi connectivity index (χ3n) is 2.61. The number of ether oxygens (including phenoxy) is 1. The van der Waals surface area contributed by atoms with Crippen LogP contribution in [0.25, 0.3) is 21.1 Å². The Morgan fingerprint density at radius 2 is 1.94 bits per heavy atom. The van der Waals surface area contributed by atoms with Crippen molar-refractivity contribution in [3.8, 4) is 5.88 Å². The molecule has 0 unspecified atom stereocenters. The number of aromatic nitrogens is 2. The zero-order valence-electron chi connectivity index (χ0n) is 9.73. The van der Waals surface area contributed by atoms with Gasteiger partial charge in [0, 0.05) is 10.8 Å². The predicted molar refractivity (Wildman–Crippen MR) is 70.8 cm³/mol. The number of benzene rings is 1. The Kier molecular flexibility index (Phi) is 2.44. The first kappa shape index (κ1) is 10.5. The molecule has 3 rings (SSSR count). The van der Waals surface area contributed by atoms with Crippen molar-refractivity contribution in [1.29, 1.82) is 0 Å². The van der Waals surface area contributed by atoms with Gasteiger partial charge in [0.2, 0.25) is 5.88 Å². The van der Waals surface area contributed by atoms with Crippen LogP contribution in [0.15, 0.2) is 24.3 Å². The molecule has 17 heavy (non-hydrogen) atoms. The summed E-state index contributed by atoms with van der Waals surface area (Å²) in [5, 5.41) is 3.18. The molecule has 0 saturated heterocycles. The molecule has 0 aliphatic heterocycles. The Morgan fingerprint density at radius 1 is 1.18 bits per heavy atom. The summed E-state index contributed by atoms with van der Waals surface area (Å²) in [5.74, 6) is 0.708. The largest absolute Gasteiger partial charge is 0.477 e. The van der Waals surface area contributed by atoms with E-state index in [2.05, 4.69) is 16.0 Å². The Labute approximate surface area is 103 Å². The Balaban J connectivity index is 2.45. The lowest BCUT2D eigenvalue weighted by atomic mass is 10.1. The molecule has 2 heterocycles. The van der Waals surface area contributed by atoms with Crippen molar-refractivity contribution in [3.63, 3.8) is 0 Å². The summed E-state index contributed by atoms with van der Waals surface area (Å²) in [6.45, 7) is 4.60. The Morgan fingerprint density at radius 3 is 2.71 bits per heavy atom. The van der Waals surface area contributed by atoms with E-state index < -0.39 is 0 Å². The summed E-state index contributed by atoms with van der Waals surface area (Å²) in [6, 6.07) is 8.12. The second-order valence-corrected chi connectivity index (χ2v) is 4.96. The first-order valence-electron chi connectivity index (χ1n) is 5.58. The number of hydrogen-bond acceptors (Lipinski definition) is 4. The SMILES string of the molecule is CCOc1nc2sc(C)nc2c2ccccc12. The number of thiazole rings is 1. The van der Waals surface area contributed by atoms with Crippen molar-refractivity contribution in [1.82, 2.24) is 9.97 Å². The predicted octanol–water partition coefficient (Wildman–Crippen LogP) is 3.55. The highest BCUT2D eigenvalue weighted by Gasteiger charge is 2.11. The second-order valence-electron chi connectivity index (χ2n) is 3.78. The summed E-state index contributed by atoms with van der Waals surface area (Å²) in [4.78, 5) is 10.0. The molecule has 0 atom stereocenters. The van der Waals surface area contributed by atoms with Crippen molar-refractivity contribution >= 4 is 32.5 Å². The Hall–Kier alpha value is -1.68. The van der Waals surface area contributed by atoms with Gasteiger partial charge in [0.15, 0.2) is 0 Å². The maximum atomic E-state index is 5.60. The number of aryl methyl sites for hydroxylation is 1. The normalized spacial score (nSPS) is 11.2. The van der Waals surface area contributed by atoms with Crippen LogP contribution in [-0.2, 0) is 0 Å². The number of fused-ring (bicyclic) bond motifs is 3. The number of pyridine rings is 1. The van der Waals surface area contributed by atoms with Crippen LogP contribution in [0.3, 0.4) is 0 Å². The lowest BCUT2D eigenvalue weighted by Gasteiger charge is -2.06. The van der Waals surface area contributed by atoms with Crippen LogP contribution in [-0.4, -0.2) is 16.6 Å². The van der Waals surface area contributed by atoms with E-state index in [1.54, 1.807) is 11.3 Å². The fourth-order valence-electron chi connectivity index (χ4n) is 1.94. The van der Waals surface area contributed by atoms with Gasteiger partial charge >= 0.3 is 0 Å². The molecule has 1 aromatic carbocycles. The molecule has 0 fully saturated rings. The minimum absolute atomic E-state index is 0.625. The van der Waals surface area contributed by atoms with E-state index in [0.29, 0.717) is 12.5 Å². The molecule has 0 aliphatic carbocycles. The molecule has 86 valence electrons. The molecular formula is C13H12N2OS. The third-order valence-corrected chi connectivity index (χ3v) is 3.48. The van der Waals surface area contributed by atoms with Gasteiger partial charge in [-0.2, -0.15) is 0 Å². The van der Waals surface area contributed by atoms with Gasteiger partial charge in [-0.3, -0.25) is 0 Å². The van der Waals surface area contributed by atoms with Crippen LogP contribution in [0, 0.1) is 6.92 Å². The first-order valence-corrected chi connectivity index (χ1v) is 6.40. The van der Waals surface area contributed by atoms with Gasteiger partial charge in [-0.05, 0) is 19.9 Å². The van der Waals surface area contributed by atoms with Crippen molar-refractivity contribution in [2.75, 3.05) is 6.61 Å². The van der Waals surface area contributed by atoms with Crippen LogP contribution in [0.2, 0.25) is 0 Å². The van der Waals surface area contributed by atoms with E-state index in [-0.39, 0.29) is 0 Å². The van der Waals surface area contributed by atoms with Gasteiger partial charge < -0.3 is 4.74 Å². The lowest BCUT2D eigenvalue weighted by molar-refractivity contribution is 0.332. The monoisotopic (exact) mass is 244 g/mol. The van der Waals surface area contributed by atoms with E-state index in [1.165, 1.54) is 0 Å². The molecule has 0 N–H and O–H groups in total. The third kappa shape index (κ3) is 1.65. The van der Waals surface area contributed by atoms with Gasteiger partial charge in [-0.1, -0.05) is 29.5 Å². The van der Waals surface area contributed by atoms with Crippen LogP contribution < -0.4 is 4.74 Å². The van der Waals surface area contributed by atoms with Crippen molar-refractivity contribution in [3.05, 3.63) is 29.3 Å². The maximum absolute atomic E-state index is 5.60. The van der Waals surface area contributed by atoms with Crippen molar-refractivity contribution in [2.45, 2.75) is 13.8 Å². The molecule has 0 amide bonds.